The van der Waals surface area contributed by atoms with Crippen molar-refractivity contribution >= 4 is 23.4 Å². The van der Waals surface area contributed by atoms with E-state index in [1.54, 1.807) is 0 Å². The zero-order valence-corrected chi connectivity index (χ0v) is 16.2. The quantitative estimate of drug-likeness (QED) is 0.594. The van der Waals surface area contributed by atoms with Gasteiger partial charge in [0.15, 0.2) is 11.0 Å². The third-order valence-electron chi connectivity index (χ3n) is 3.86. The molecule has 3 aromatic rings. The van der Waals surface area contributed by atoms with Crippen LogP contribution < -0.4 is 10.1 Å². The van der Waals surface area contributed by atoms with Crippen LogP contribution in [0.3, 0.4) is 0 Å². The lowest BCUT2D eigenvalue weighted by Gasteiger charge is -2.11. The fourth-order valence-electron chi connectivity index (χ4n) is 2.65. The highest BCUT2D eigenvalue weighted by Crippen LogP contribution is 2.26. The molecule has 140 valence electrons. The molecule has 0 radical (unpaired) electrons. The van der Waals surface area contributed by atoms with Gasteiger partial charge in [0.2, 0.25) is 5.91 Å². The first-order valence-electron chi connectivity index (χ1n) is 8.86. The van der Waals surface area contributed by atoms with E-state index in [2.05, 4.69) is 15.5 Å². The van der Waals surface area contributed by atoms with Crippen molar-refractivity contribution in [3.8, 4) is 17.1 Å². The lowest BCUT2D eigenvalue weighted by atomic mass is 10.2. The Kier molecular flexibility index (Phi) is 6.49. The van der Waals surface area contributed by atoms with Gasteiger partial charge >= 0.3 is 0 Å². The van der Waals surface area contributed by atoms with Gasteiger partial charge in [-0.1, -0.05) is 54.2 Å². The van der Waals surface area contributed by atoms with E-state index >= 15 is 0 Å². The zero-order chi connectivity index (χ0) is 19.1. The number of benzene rings is 2. The number of thioether (sulfide) groups is 1. The van der Waals surface area contributed by atoms with Crippen molar-refractivity contribution in [2.45, 2.75) is 25.5 Å². The number of rotatable bonds is 8. The van der Waals surface area contributed by atoms with E-state index in [9.17, 15) is 4.79 Å². The summed E-state index contributed by atoms with van der Waals surface area (Å²) in [6.07, 6.45) is 0. The van der Waals surface area contributed by atoms with E-state index in [1.807, 2.05) is 73.0 Å². The number of nitrogens with one attached hydrogen (secondary N) is 1. The minimum atomic E-state index is -0.112. The molecule has 0 aliphatic heterocycles. The highest BCUT2D eigenvalue weighted by molar-refractivity contribution is 7.99. The van der Waals surface area contributed by atoms with Gasteiger partial charge in [0.05, 0.1) is 18.0 Å². The molecule has 0 spiro atoms. The largest absolute Gasteiger partial charge is 0.492 e. The molecule has 0 atom stereocenters. The van der Waals surface area contributed by atoms with Crippen molar-refractivity contribution in [3.05, 3.63) is 54.6 Å². The number of anilines is 1. The first-order valence-corrected chi connectivity index (χ1v) is 9.84. The number of para-hydroxylation sites is 2. The van der Waals surface area contributed by atoms with Crippen LogP contribution in [-0.2, 0) is 11.3 Å². The van der Waals surface area contributed by atoms with E-state index in [0.29, 0.717) is 18.0 Å². The van der Waals surface area contributed by atoms with Crippen LogP contribution in [0.2, 0.25) is 0 Å². The van der Waals surface area contributed by atoms with Crippen molar-refractivity contribution in [3.63, 3.8) is 0 Å². The van der Waals surface area contributed by atoms with E-state index < -0.39 is 0 Å². The summed E-state index contributed by atoms with van der Waals surface area (Å²) in [6, 6.07) is 17.3. The van der Waals surface area contributed by atoms with Crippen LogP contribution in [0.15, 0.2) is 59.8 Å². The number of carbonyl (C=O) groups is 1. The van der Waals surface area contributed by atoms with Crippen molar-refractivity contribution in [2.24, 2.45) is 0 Å². The van der Waals surface area contributed by atoms with Gasteiger partial charge in [-0.05, 0) is 26.0 Å². The lowest BCUT2D eigenvalue weighted by Crippen LogP contribution is -2.15. The molecular weight excluding hydrogens is 360 g/mol. The Hall–Kier alpha value is -2.80. The van der Waals surface area contributed by atoms with Gasteiger partial charge < -0.3 is 14.6 Å². The van der Waals surface area contributed by atoms with Crippen LogP contribution in [0.5, 0.6) is 5.75 Å². The third kappa shape index (κ3) is 4.68. The van der Waals surface area contributed by atoms with E-state index in [1.165, 1.54) is 11.8 Å². The molecule has 6 nitrogen and oxygen atoms in total. The van der Waals surface area contributed by atoms with Gasteiger partial charge in [0, 0.05) is 12.1 Å². The monoisotopic (exact) mass is 382 g/mol. The fraction of sp³-hybridized carbons (Fsp3) is 0.250. The number of nitrogens with zero attached hydrogens (tertiary/aromatic N) is 3. The van der Waals surface area contributed by atoms with Gasteiger partial charge in [-0.15, -0.1) is 10.2 Å². The second kappa shape index (κ2) is 9.23. The summed E-state index contributed by atoms with van der Waals surface area (Å²) < 4.78 is 7.56. The van der Waals surface area contributed by atoms with E-state index in [0.717, 1.165) is 23.1 Å². The first-order chi connectivity index (χ1) is 13.2. The molecule has 0 aliphatic carbocycles. The molecule has 0 unspecified atom stereocenters. The Bertz CT molecular complexity index is 896. The minimum Gasteiger partial charge on any atom is -0.492 e. The van der Waals surface area contributed by atoms with Gasteiger partial charge in [0.1, 0.15) is 5.75 Å². The maximum absolute atomic E-state index is 12.4. The molecule has 3 rings (SSSR count). The van der Waals surface area contributed by atoms with Gasteiger partial charge in [0.25, 0.3) is 0 Å². The van der Waals surface area contributed by atoms with Crippen LogP contribution in [0.4, 0.5) is 5.69 Å². The van der Waals surface area contributed by atoms with Crippen LogP contribution in [-0.4, -0.2) is 33.0 Å². The number of ether oxygens (including phenoxy) is 1. The Morgan fingerprint density at radius 1 is 1.07 bits per heavy atom. The third-order valence-corrected chi connectivity index (χ3v) is 4.83. The molecule has 27 heavy (non-hydrogen) atoms. The summed E-state index contributed by atoms with van der Waals surface area (Å²) in [5.74, 6) is 1.61. The Morgan fingerprint density at radius 2 is 1.81 bits per heavy atom. The maximum atomic E-state index is 12.4. The molecule has 0 saturated heterocycles. The smallest absolute Gasteiger partial charge is 0.234 e. The number of hydrogen-bond acceptors (Lipinski definition) is 5. The first kappa shape index (κ1) is 19.0. The predicted molar refractivity (Wildman–Crippen MR) is 108 cm³/mol. The maximum Gasteiger partial charge on any atom is 0.234 e. The van der Waals surface area contributed by atoms with Crippen LogP contribution in [0, 0.1) is 0 Å². The second-order valence-corrected chi connectivity index (χ2v) is 6.62. The number of aromatic nitrogens is 3. The number of carbonyl (C=O) groups excluding carboxylic acids is 1. The molecular formula is C20H22N4O2S. The normalized spacial score (nSPS) is 10.6. The van der Waals surface area contributed by atoms with Crippen molar-refractivity contribution in [1.82, 2.24) is 14.8 Å². The molecule has 0 bridgehead atoms. The fourth-order valence-corrected chi connectivity index (χ4v) is 3.45. The van der Waals surface area contributed by atoms with Crippen molar-refractivity contribution < 1.29 is 9.53 Å². The van der Waals surface area contributed by atoms with E-state index in [4.69, 9.17) is 4.74 Å². The molecule has 1 aromatic heterocycles. The molecule has 0 aliphatic rings. The molecule has 7 heteroatoms. The minimum absolute atomic E-state index is 0.112. The molecule has 1 N–H and O–H groups in total. The SMILES string of the molecule is CCOc1ccccc1NC(=O)CSc1nnc(-c2ccccc2)n1CC. The predicted octanol–water partition coefficient (Wildman–Crippen LogP) is 4.09. The summed E-state index contributed by atoms with van der Waals surface area (Å²) in [6.45, 7) is 5.23. The average molecular weight is 382 g/mol. The lowest BCUT2D eigenvalue weighted by molar-refractivity contribution is -0.113. The average Bonchev–Trinajstić information content (AvgIpc) is 3.12. The highest BCUT2D eigenvalue weighted by Gasteiger charge is 2.15. The zero-order valence-electron chi connectivity index (χ0n) is 15.4. The molecule has 2 aromatic carbocycles. The van der Waals surface area contributed by atoms with Crippen molar-refractivity contribution in [2.75, 3.05) is 17.7 Å². The molecule has 0 fully saturated rings. The van der Waals surface area contributed by atoms with Gasteiger partial charge in [-0.2, -0.15) is 0 Å². The second-order valence-electron chi connectivity index (χ2n) is 5.68. The number of hydrogen-bond donors (Lipinski definition) is 1. The summed E-state index contributed by atoms with van der Waals surface area (Å²) in [5, 5.41) is 12.2. The van der Waals surface area contributed by atoms with Gasteiger partial charge in [-0.25, -0.2) is 0 Å². The van der Waals surface area contributed by atoms with Gasteiger partial charge in [-0.3, -0.25) is 4.79 Å². The highest BCUT2D eigenvalue weighted by atomic mass is 32.2. The Balaban J connectivity index is 1.67. The number of amides is 1. The Labute approximate surface area is 163 Å². The molecule has 1 amide bonds. The topological polar surface area (TPSA) is 69.0 Å². The summed E-state index contributed by atoms with van der Waals surface area (Å²) in [5.41, 5.74) is 1.68. The standard InChI is InChI=1S/C20H22N4O2S/c1-3-24-19(15-10-6-5-7-11-15)22-23-20(24)27-14-18(25)21-16-12-8-9-13-17(16)26-4-2/h5-13H,3-4,14H2,1-2H3,(H,21,25). The summed E-state index contributed by atoms with van der Waals surface area (Å²) in [7, 11) is 0. The van der Waals surface area contributed by atoms with Crippen molar-refractivity contribution in [1.29, 1.82) is 0 Å². The summed E-state index contributed by atoms with van der Waals surface area (Å²) in [4.78, 5) is 12.4. The van der Waals surface area contributed by atoms with Crippen LogP contribution in [0.1, 0.15) is 13.8 Å². The van der Waals surface area contributed by atoms with E-state index in [-0.39, 0.29) is 11.7 Å². The van der Waals surface area contributed by atoms with Crippen LogP contribution in [0.25, 0.3) is 11.4 Å². The summed E-state index contributed by atoms with van der Waals surface area (Å²) >= 11 is 1.37. The molecule has 1 heterocycles. The van der Waals surface area contributed by atoms with Crippen LogP contribution >= 0.6 is 11.8 Å². The Morgan fingerprint density at radius 3 is 2.56 bits per heavy atom. The molecule has 0 saturated carbocycles.